The highest BCUT2D eigenvalue weighted by Crippen LogP contribution is 1.79. The first kappa shape index (κ1) is 6.21. The minimum atomic E-state index is 0.572. The summed E-state index contributed by atoms with van der Waals surface area (Å²) >= 11 is 0. The van der Waals surface area contributed by atoms with Crippen molar-refractivity contribution in [3.8, 4) is 0 Å². The summed E-state index contributed by atoms with van der Waals surface area (Å²) in [5, 5.41) is 0. The van der Waals surface area contributed by atoms with Crippen LogP contribution in [-0.2, 0) is 0 Å². The first-order valence-electron chi connectivity index (χ1n) is 2.21. The Labute approximate surface area is 43.7 Å². The third kappa shape index (κ3) is 3.03. The highest BCUT2D eigenvalue weighted by molar-refractivity contribution is 5.54. The van der Waals surface area contributed by atoms with Crippen LogP contribution in [0.15, 0.2) is 16.9 Å². The number of nitrogens with zero attached hydrogens (tertiary/aromatic N) is 1. The van der Waals surface area contributed by atoms with Crippen LogP contribution in [0.3, 0.4) is 0 Å². The van der Waals surface area contributed by atoms with Crippen LogP contribution in [-0.4, -0.2) is 6.21 Å². The van der Waals surface area contributed by atoms with Crippen molar-refractivity contribution in [3.63, 3.8) is 0 Å². The molecule has 0 aromatic heterocycles. The molecule has 40 valence electrons. The fourth-order valence-electron chi connectivity index (χ4n) is 0.224. The highest BCUT2D eigenvalue weighted by Gasteiger charge is 1.70. The topological polar surface area (TPSA) is 38.4 Å². The number of nitrogens with two attached hydrogens (primary N) is 1. The van der Waals surface area contributed by atoms with E-state index in [-0.39, 0.29) is 0 Å². The summed E-state index contributed by atoms with van der Waals surface area (Å²) in [5.41, 5.74) is 5.25. The molecule has 2 nitrogen and oxygen atoms in total. The normalized spacial score (nSPS) is 13.1. The molecule has 2 heteroatoms. The van der Waals surface area contributed by atoms with Gasteiger partial charge in [0, 0.05) is 6.21 Å². The van der Waals surface area contributed by atoms with Gasteiger partial charge in [-0.25, -0.2) is 4.99 Å². The van der Waals surface area contributed by atoms with Crippen molar-refractivity contribution in [2.24, 2.45) is 10.7 Å². The van der Waals surface area contributed by atoms with E-state index in [1.807, 2.05) is 13.8 Å². The fourth-order valence-corrected chi connectivity index (χ4v) is 0.224. The van der Waals surface area contributed by atoms with Gasteiger partial charge in [0.25, 0.3) is 0 Å². The Hall–Kier alpha value is -0.790. The van der Waals surface area contributed by atoms with Crippen molar-refractivity contribution >= 4 is 6.21 Å². The van der Waals surface area contributed by atoms with Crippen LogP contribution in [0.5, 0.6) is 0 Å². The van der Waals surface area contributed by atoms with E-state index in [1.54, 1.807) is 12.3 Å². The second-order valence-corrected chi connectivity index (χ2v) is 1.10. The molecule has 0 amide bonds. The predicted molar refractivity (Wildman–Crippen MR) is 32.1 cm³/mol. The predicted octanol–water partition coefficient (Wildman–Crippen LogP) is 0.897. The molecule has 2 N–H and O–H groups in total. The Bertz CT molecular complexity index is 92.3. The first-order chi connectivity index (χ1) is 3.31. The van der Waals surface area contributed by atoms with Crippen LogP contribution >= 0.6 is 0 Å². The molecular weight excluding hydrogens is 88.1 g/mol. The average Bonchev–Trinajstić information content (AvgIpc) is 1.68. The lowest BCUT2D eigenvalue weighted by molar-refractivity contribution is 1.23. The van der Waals surface area contributed by atoms with E-state index in [0.29, 0.717) is 5.82 Å². The van der Waals surface area contributed by atoms with Gasteiger partial charge in [0.05, 0.1) is 0 Å². The average molecular weight is 98.1 g/mol. The highest BCUT2D eigenvalue weighted by atomic mass is 14.9. The zero-order valence-corrected chi connectivity index (χ0v) is 4.68. The van der Waals surface area contributed by atoms with Crippen molar-refractivity contribution in [2.75, 3.05) is 0 Å². The summed E-state index contributed by atoms with van der Waals surface area (Å²) in [4.78, 5) is 3.76. The summed E-state index contributed by atoms with van der Waals surface area (Å²) in [6, 6.07) is 0. The van der Waals surface area contributed by atoms with Gasteiger partial charge >= 0.3 is 0 Å². The maximum atomic E-state index is 5.25. The van der Waals surface area contributed by atoms with Crippen LogP contribution in [0, 0.1) is 0 Å². The molecule has 0 fully saturated rings. The summed E-state index contributed by atoms with van der Waals surface area (Å²) in [5.74, 6) is 0.572. The van der Waals surface area contributed by atoms with Gasteiger partial charge in [0.2, 0.25) is 0 Å². The number of aliphatic imine (C=N–C) groups is 1. The molecule has 0 rings (SSSR count). The van der Waals surface area contributed by atoms with Gasteiger partial charge in [-0.15, -0.1) is 0 Å². The standard InChI is InChI=1S/C5H10N2/c1-3-5(6)7-4-2/h3-4H,6H2,1-2H3/b5-3-,7-4?. The Morgan fingerprint density at radius 2 is 2.14 bits per heavy atom. The molecule has 0 aliphatic carbocycles. The molecule has 0 unspecified atom stereocenters. The summed E-state index contributed by atoms with van der Waals surface area (Å²) in [6.07, 6.45) is 3.41. The fraction of sp³-hybridized carbons (Fsp3) is 0.400. The SMILES string of the molecule is CC=N/C(N)=C\C. The van der Waals surface area contributed by atoms with Crippen LogP contribution in [0.1, 0.15) is 13.8 Å². The van der Waals surface area contributed by atoms with Crippen LogP contribution in [0.25, 0.3) is 0 Å². The lowest BCUT2D eigenvalue weighted by Gasteiger charge is -1.83. The maximum absolute atomic E-state index is 5.25. The van der Waals surface area contributed by atoms with E-state index in [9.17, 15) is 0 Å². The zero-order chi connectivity index (χ0) is 5.70. The quantitative estimate of drug-likeness (QED) is 0.486. The first-order valence-corrected chi connectivity index (χ1v) is 2.21. The van der Waals surface area contributed by atoms with Gasteiger partial charge in [-0.2, -0.15) is 0 Å². The maximum Gasteiger partial charge on any atom is 0.118 e. The van der Waals surface area contributed by atoms with Crippen molar-refractivity contribution in [2.45, 2.75) is 13.8 Å². The second kappa shape index (κ2) is 3.40. The van der Waals surface area contributed by atoms with Crippen molar-refractivity contribution in [3.05, 3.63) is 11.9 Å². The molecule has 0 heterocycles. The minimum Gasteiger partial charge on any atom is -0.384 e. The second-order valence-electron chi connectivity index (χ2n) is 1.10. The Kier molecular flexibility index (Phi) is 3.02. The van der Waals surface area contributed by atoms with E-state index in [2.05, 4.69) is 4.99 Å². The Morgan fingerprint density at radius 3 is 2.29 bits per heavy atom. The van der Waals surface area contributed by atoms with E-state index in [1.165, 1.54) is 0 Å². The molecule has 7 heavy (non-hydrogen) atoms. The van der Waals surface area contributed by atoms with Crippen molar-refractivity contribution in [1.29, 1.82) is 0 Å². The van der Waals surface area contributed by atoms with Gasteiger partial charge in [0.1, 0.15) is 5.82 Å². The van der Waals surface area contributed by atoms with Crippen molar-refractivity contribution < 1.29 is 0 Å². The van der Waals surface area contributed by atoms with Gasteiger partial charge in [-0.3, -0.25) is 0 Å². The summed E-state index contributed by atoms with van der Waals surface area (Å²) in [7, 11) is 0. The monoisotopic (exact) mass is 98.1 g/mol. The van der Waals surface area contributed by atoms with Gasteiger partial charge in [0.15, 0.2) is 0 Å². The molecule has 0 aromatic carbocycles. The smallest absolute Gasteiger partial charge is 0.118 e. The number of rotatable bonds is 1. The molecule has 0 aromatic rings. The summed E-state index contributed by atoms with van der Waals surface area (Å²) in [6.45, 7) is 3.68. The third-order valence-electron chi connectivity index (χ3n) is 0.574. The van der Waals surface area contributed by atoms with E-state index in [0.717, 1.165) is 0 Å². The van der Waals surface area contributed by atoms with Crippen LogP contribution < -0.4 is 5.73 Å². The molecule has 0 bridgehead atoms. The lowest BCUT2D eigenvalue weighted by Crippen LogP contribution is -1.90. The van der Waals surface area contributed by atoms with Crippen LogP contribution in [0.2, 0.25) is 0 Å². The van der Waals surface area contributed by atoms with E-state index < -0.39 is 0 Å². The molecule has 0 atom stereocenters. The Morgan fingerprint density at radius 1 is 1.57 bits per heavy atom. The molecule has 0 aliphatic heterocycles. The third-order valence-corrected chi connectivity index (χ3v) is 0.574. The van der Waals surface area contributed by atoms with Crippen LogP contribution in [0.4, 0.5) is 0 Å². The zero-order valence-electron chi connectivity index (χ0n) is 4.68. The Balaban J connectivity index is 3.58. The lowest BCUT2D eigenvalue weighted by atomic mass is 10.6. The molecule has 0 saturated carbocycles. The van der Waals surface area contributed by atoms with Crippen molar-refractivity contribution in [1.82, 2.24) is 0 Å². The minimum absolute atomic E-state index is 0.572. The molecular formula is C5H10N2. The largest absolute Gasteiger partial charge is 0.384 e. The number of hydrogen-bond acceptors (Lipinski definition) is 2. The van der Waals surface area contributed by atoms with E-state index >= 15 is 0 Å². The van der Waals surface area contributed by atoms with E-state index in [4.69, 9.17) is 5.73 Å². The molecule has 0 radical (unpaired) electrons. The van der Waals surface area contributed by atoms with Gasteiger partial charge in [-0.05, 0) is 19.9 Å². The number of allylic oxidation sites excluding steroid dienone is 1. The van der Waals surface area contributed by atoms with Gasteiger partial charge < -0.3 is 5.73 Å². The summed E-state index contributed by atoms with van der Waals surface area (Å²) < 4.78 is 0. The molecule has 0 spiro atoms. The molecule has 0 aliphatic rings. The molecule has 0 saturated heterocycles. The number of hydrogen-bond donors (Lipinski definition) is 1. The van der Waals surface area contributed by atoms with Gasteiger partial charge in [-0.1, -0.05) is 0 Å².